The molecule has 1 saturated heterocycles. The number of halogens is 3. The summed E-state index contributed by atoms with van der Waals surface area (Å²) in [7, 11) is 0. The number of likely N-dealkylation sites (tertiary alicyclic amines) is 1. The molecule has 0 radical (unpaired) electrons. The monoisotopic (exact) mass is 299 g/mol. The number of carboxylic acids is 1. The average Bonchev–Trinajstić information content (AvgIpc) is 3.17. The molecule has 2 aliphatic rings. The molecule has 4 nitrogen and oxygen atoms in total. The van der Waals surface area contributed by atoms with Crippen molar-refractivity contribution in [3.63, 3.8) is 0 Å². The second-order valence-corrected chi connectivity index (χ2v) is 5.41. The van der Waals surface area contributed by atoms with Crippen LogP contribution in [0.25, 0.3) is 0 Å². The molecule has 112 valence electrons. The molecule has 1 saturated carbocycles. The fraction of sp³-hybridized carbons (Fsp3) is 0.429. The quantitative estimate of drug-likeness (QED) is 0.871. The Morgan fingerprint density at radius 2 is 1.76 bits per heavy atom. The maximum atomic E-state index is 14.0. The lowest BCUT2D eigenvalue weighted by Crippen LogP contribution is -2.33. The van der Waals surface area contributed by atoms with Crippen molar-refractivity contribution in [2.45, 2.75) is 31.3 Å². The number of hydrogen-bond donors (Lipinski definition) is 1. The standard InChI is InChI=1S/C14H12F3NO3/c15-9-5-11(17)10(16)3-7(9)13-8(14(20)21)4-12(19)18(13)6-1-2-6/h3,5-6,8,13H,1-2,4H2,(H,20,21). The van der Waals surface area contributed by atoms with E-state index in [1.807, 2.05) is 0 Å². The fourth-order valence-electron chi connectivity index (χ4n) is 2.89. The molecule has 1 aromatic rings. The van der Waals surface area contributed by atoms with E-state index in [4.69, 9.17) is 0 Å². The lowest BCUT2D eigenvalue weighted by atomic mass is 9.93. The van der Waals surface area contributed by atoms with E-state index in [0.29, 0.717) is 25.0 Å². The van der Waals surface area contributed by atoms with Crippen LogP contribution in [0.1, 0.15) is 30.9 Å². The largest absolute Gasteiger partial charge is 0.481 e. The molecule has 1 N–H and O–H groups in total. The number of carbonyl (C=O) groups is 2. The Balaban J connectivity index is 2.09. The van der Waals surface area contributed by atoms with Gasteiger partial charge in [-0.2, -0.15) is 0 Å². The third-order valence-electron chi connectivity index (χ3n) is 3.98. The van der Waals surface area contributed by atoms with Crippen molar-refractivity contribution in [1.29, 1.82) is 0 Å². The zero-order valence-electron chi connectivity index (χ0n) is 10.9. The van der Waals surface area contributed by atoms with Gasteiger partial charge < -0.3 is 10.0 Å². The minimum Gasteiger partial charge on any atom is -0.481 e. The van der Waals surface area contributed by atoms with Gasteiger partial charge in [0.25, 0.3) is 0 Å². The van der Waals surface area contributed by atoms with Crippen molar-refractivity contribution >= 4 is 11.9 Å². The van der Waals surface area contributed by atoms with Crippen molar-refractivity contribution in [3.05, 3.63) is 35.1 Å². The molecule has 1 aliphatic carbocycles. The highest BCUT2D eigenvalue weighted by Gasteiger charge is 2.50. The smallest absolute Gasteiger partial charge is 0.309 e. The topological polar surface area (TPSA) is 57.6 Å². The molecule has 0 spiro atoms. The van der Waals surface area contributed by atoms with E-state index < -0.39 is 35.4 Å². The van der Waals surface area contributed by atoms with Crippen LogP contribution in [0.3, 0.4) is 0 Å². The number of benzene rings is 1. The molecule has 2 fully saturated rings. The lowest BCUT2D eigenvalue weighted by molar-refractivity contribution is -0.142. The van der Waals surface area contributed by atoms with Crippen molar-refractivity contribution < 1.29 is 27.9 Å². The Morgan fingerprint density at radius 3 is 2.33 bits per heavy atom. The van der Waals surface area contributed by atoms with Crippen LogP contribution in [0.15, 0.2) is 12.1 Å². The molecule has 21 heavy (non-hydrogen) atoms. The molecule has 0 aromatic heterocycles. The molecule has 7 heteroatoms. The molecular formula is C14H12F3NO3. The van der Waals surface area contributed by atoms with Crippen LogP contribution in [0.2, 0.25) is 0 Å². The summed E-state index contributed by atoms with van der Waals surface area (Å²) >= 11 is 0. The van der Waals surface area contributed by atoms with Crippen molar-refractivity contribution in [3.8, 4) is 0 Å². The highest BCUT2D eigenvalue weighted by molar-refractivity contribution is 5.87. The summed E-state index contributed by atoms with van der Waals surface area (Å²) in [5, 5.41) is 9.23. The zero-order valence-corrected chi connectivity index (χ0v) is 10.9. The van der Waals surface area contributed by atoms with Gasteiger partial charge in [0.1, 0.15) is 5.82 Å². The third-order valence-corrected chi connectivity index (χ3v) is 3.98. The van der Waals surface area contributed by atoms with E-state index in [1.54, 1.807) is 0 Å². The summed E-state index contributed by atoms with van der Waals surface area (Å²) in [5.41, 5.74) is -0.279. The van der Waals surface area contributed by atoms with E-state index in [0.717, 1.165) is 0 Å². The van der Waals surface area contributed by atoms with E-state index in [2.05, 4.69) is 0 Å². The molecule has 1 aromatic carbocycles. The van der Waals surface area contributed by atoms with Gasteiger partial charge in [-0.25, -0.2) is 13.2 Å². The summed E-state index contributed by atoms with van der Waals surface area (Å²) in [4.78, 5) is 24.6. The first kappa shape index (κ1) is 13.9. The Labute approximate surface area is 118 Å². The van der Waals surface area contributed by atoms with Gasteiger partial charge in [-0.1, -0.05) is 0 Å². The number of rotatable bonds is 3. The maximum absolute atomic E-state index is 14.0. The first-order valence-electron chi connectivity index (χ1n) is 6.58. The van der Waals surface area contributed by atoms with Gasteiger partial charge in [0, 0.05) is 24.1 Å². The van der Waals surface area contributed by atoms with Crippen LogP contribution < -0.4 is 0 Å². The summed E-state index contributed by atoms with van der Waals surface area (Å²) in [6, 6.07) is -0.187. The SMILES string of the molecule is O=C(O)C1CC(=O)N(C2CC2)C1c1cc(F)c(F)cc1F. The number of aliphatic carboxylic acids is 1. The lowest BCUT2D eigenvalue weighted by Gasteiger charge is -2.27. The first-order chi connectivity index (χ1) is 9.90. The predicted octanol–water partition coefficient (Wildman–Crippen LogP) is 2.24. The summed E-state index contributed by atoms with van der Waals surface area (Å²) in [6.07, 6.45) is 1.16. The molecule has 2 atom stereocenters. The second kappa shape index (κ2) is 4.75. The van der Waals surface area contributed by atoms with Crippen LogP contribution >= 0.6 is 0 Å². The number of nitrogens with zero attached hydrogens (tertiary/aromatic N) is 1. The Kier molecular flexibility index (Phi) is 3.15. The minimum absolute atomic E-state index is 0.139. The van der Waals surface area contributed by atoms with Gasteiger partial charge in [0.05, 0.1) is 12.0 Å². The van der Waals surface area contributed by atoms with Crippen LogP contribution in [0.5, 0.6) is 0 Å². The first-order valence-corrected chi connectivity index (χ1v) is 6.58. The summed E-state index contributed by atoms with van der Waals surface area (Å²) in [6.45, 7) is 0. The molecule has 1 amide bonds. The Hall–Kier alpha value is -2.05. The van der Waals surface area contributed by atoms with Gasteiger partial charge >= 0.3 is 5.97 Å². The van der Waals surface area contributed by atoms with E-state index in [1.165, 1.54) is 4.90 Å². The number of carboxylic acid groups (broad SMARTS) is 1. The fourth-order valence-corrected chi connectivity index (χ4v) is 2.89. The van der Waals surface area contributed by atoms with E-state index in [9.17, 15) is 27.9 Å². The number of amides is 1. The van der Waals surface area contributed by atoms with Gasteiger partial charge in [-0.3, -0.25) is 9.59 Å². The van der Waals surface area contributed by atoms with Gasteiger partial charge in [-0.05, 0) is 18.9 Å². The summed E-state index contributed by atoms with van der Waals surface area (Å²) in [5.74, 6) is -6.43. The normalized spacial score (nSPS) is 25.5. The molecule has 0 bridgehead atoms. The zero-order chi connectivity index (χ0) is 15.3. The molecule has 3 rings (SSSR count). The summed E-state index contributed by atoms with van der Waals surface area (Å²) < 4.78 is 40.4. The van der Waals surface area contributed by atoms with E-state index in [-0.39, 0.29) is 23.9 Å². The third kappa shape index (κ3) is 2.26. The Morgan fingerprint density at radius 1 is 1.14 bits per heavy atom. The molecular weight excluding hydrogens is 287 g/mol. The number of hydrogen-bond acceptors (Lipinski definition) is 2. The molecule has 1 aliphatic heterocycles. The number of carbonyl (C=O) groups excluding carboxylic acids is 1. The highest BCUT2D eigenvalue weighted by Crippen LogP contribution is 2.45. The predicted molar refractivity (Wildman–Crippen MR) is 64.7 cm³/mol. The maximum Gasteiger partial charge on any atom is 0.309 e. The second-order valence-electron chi connectivity index (χ2n) is 5.41. The molecule has 1 heterocycles. The van der Waals surface area contributed by atoms with Crippen molar-refractivity contribution in [1.82, 2.24) is 4.90 Å². The van der Waals surface area contributed by atoms with E-state index >= 15 is 0 Å². The molecule has 2 unspecified atom stereocenters. The van der Waals surface area contributed by atoms with Crippen molar-refractivity contribution in [2.75, 3.05) is 0 Å². The highest BCUT2D eigenvalue weighted by atomic mass is 19.2. The Bertz CT molecular complexity index is 630. The van der Waals surface area contributed by atoms with Crippen molar-refractivity contribution in [2.24, 2.45) is 5.92 Å². The van der Waals surface area contributed by atoms with Crippen LogP contribution in [0, 0.1) is 23.4 Å². The minimum atomic E-state index is -1.34. The van der Waals surface area contributed by atoms with Crippen LogP contribution in [0.4, 0.5) is 13.2 Å². The van der Waals surface area contributed by atoms with Gasteiger partial charge in [0.15, 0.2) is 11.6 Å². The van der Waals surface area contributed by atoms with Gasteiger partial charge in [-0.15, -0.1) is 0 Å². The van der Waals surface area contributed by atoms with Crippen LogP contribution in [-0.4, -0.2) is 27.9 Å². The van der Waals surface area contributed by atoms with Crippen LogP contribution in [-0.2, 0) is 9.59 Å². The average molecular weight is 299 g/mol. The van der Waals surface area contributed by atoms with Gasteiger partial charge in [0.2, 0.25) is 5.91 Å².